The number of aromatic nitrogens is 3. The van der Waals surface area contributed by atoms with Gasteiger partial charge in [0.25, 0.3) is 0 Å². The molecule has 0 aliphatic heterocycles. The van der Waals surface area contributed by atoms with Crippen molar-refractivity contribution < 1.29 is 0 Å². The van der Waals surface area contributed by atoms with Gasteiger partial charge in [-0.25, -0.2) is 4.99 Å². The van der Waals surface area contributed by atoms with Crippen LogP contribution in [0.25, 0.3) is 11.3 Å². The predicted molar refractivity (Wildman–Crippen MR) is 76.8 cm³/mol. The molecule has 0 aliphatic rings. The molecule has 2 rings (SSSR count). The van der Waals surface area contributed by atoms with E-state index in [4.69, 9.17) is 0 Å². The first-order valence-corrected chi connectivity index (χ1v) is 6.20. The molecule has 4 nitrogen and oxygen atoms in total. The van der Waals surface area contributed by atoms with E-state index in [0.29, 0.717) is 4.61 Å². The third-order valence-electron chi connectivity index (χ3n) is 2.47. The molecule has 2 aromatic rings. The highest BCUT2D eigenvalue weighted by Gasteiger charge is 2.04. The van der Waals surface area contributed by atoms with Gasteiger partial charge in [-0.05, 0) is 35.0 Å². The molecule has 0 atom stereocenters. The number of hydrogen-bond donors (Lipinski definition) is 0. The van der Waals surface area contributed by atoms with Crippen LogP contribution in [0.5, 0.6) is 0 Å². The second-order valence-electron chi connectivity index (χ2n) is 3.91. The quantitative estimate of drug-likeness (QED) is 0.646. The Labute approximate surface area is 114 Å². The first-order valence-electron chi connectivity index (χ1n) is 5.41. The van der Waals surface area contributed by atoms with E-state index in [2.05, 4.69) is 37.6 Å². The fourth-order valence-corrected chi connectivity index (χ4v) is 1.66. The number of halogens is 1. The molecule has 0 amide bonds. The summed E-state index contributed by atoms with van der Waals surface area (Å²) in [4.78, 5) is 8.65. The molecule has 2 heterocycles. The van der Waals surface area contributed by atoms with Crippen molar-refractivity contribution in [3.63, 3.8) is 0 Å². The van der Waals surface area contributed by atoms with Crippen LogP contribution < -0.4 is 0 Å². The normalized spacial score (nSPS) is 11.1. The lowest BCUT2D eigenvalue weighted by Gasteiger charge is -2.02. The second-order valence-corrected chi connectivity index (χ2v) is 4.82. The maximum absolute atomic E-state index is 4.55. The predicted octanol–water partition coefficient (Wildman–Crippen LogP) is 3.08. The van der Waals surface area contributed by atoms with Gasteiger partial charge < -0.3 is 0 Å². The van der Waals surface area contributed by atoms with Crippen LogP contribution in [-0.2, 0) is 7.05 Å². The van der Waals surface area contributed by atoms with Crippen molar-refractivity contribution in [3.05, 3.63) is 47.0 Å². The summed E-state index contributed by atoms with van der Waals surface area (Å²) in [6, 6.07) is 3.95. The highest BCUT2D eigenvalue weighted by atomic mass is 79.9. The minimum atomic E-state index is 0.596. The second kappa shape index (κ2) is 5.27. The molecule has 0 aliphatic carbocycles. The number of aryl methyl sites for hydroxylation is 2. The van der Waals surface area contributed by atoms with E-state index < -0.39 is 0 Å². The molecule has 0 saturated carbocycles. The van der Waals surface area contributed by atoms with Crippen LogP contribution in [0.3, 0.4) is 0 Å². The molecular weight excluding hydrogens is 292 g/mol. The molecule has 0 spiro atoms. The zero-order valence-corrected chi connectivity index (χ0v) is 11.8. The van der Waals surface area contributed by atoms with E-state index in [-0.39, 0.29) is 0 Å². The first kappa shape index (κ1) is 12.7. The number of pyridine rings is 1. The fraction of sp³-hybridized carbons (Fsp3) is 0.154. The molecule has 0 bridgehead atoms. The number of aliphatic imine (C=N–C) groups is 1. The zero-order valence-electron chi connectivity index (χ0n) is 10.3. The number of hydrogen-bond acceptors (Lipinski definition) is 3. The van der Waals surface area contributed by atoms with Gasteiger partial charge >= 0.3 is 0 Å². The van der Waals surface area contributed by atoms with E-state index in [1.54, 1.807) is 17.1 Å². The van der Waals surface area contributed by atoms with E-state index in [0.717, 1.165) is 22.5 Å². The standard InChI is InChI=1S/C13H13BrN4/c1-9-11(6-15-10(2)14)4-5-13(17-9)12-7-16-18(3)8-12/h4-8H,2H2,1,3H3/b15-6-. The first-order chi connectivity index (χ1) is 8.56. The minimum absolute atomic E-state index is 0.596. The van der Waals surface area contributed by atoms with Crippen molar-refractivity contribution >= 4 is 22.1 Å². The van der Waals surface area contributed by atoms with Crippen LogP contribution in [0.2, 0.25) is 0 Å². The van der Waals surface area contributed by atoms with E-state index in [1.807, 2.05) is 32.3 Å². The van der Waals surface area contributed by atoms with Crippen molar-refractivity contribution in [2.45, 2.75) is 6.92 Å². The Kier molecular flexibility index (Phi) is 3.72. The summed E-state index contributed by atoms with van der Waals surface area (Å²) < 4.78 is 2.36. The molecular formula is C13H13BrN4. The van der Waals surface area contributed by atoms with Gasteiger partial charge in [0.1, 0.15) is 0 Å². The van der Waals surface area contributed by atoms with E-state index >= 15 is 0 Å². The lowest BCUT2D eigenvalue weighted by molar-refractivity contribution is 0.768. The summed E-state index contributed by atoms with van der Waals surface area (Å²) in [5, 5.41) is 4.14. The molecule has 2 aromatic heterocycles. The summed E-state index contributed by atoms with van der Waals surface area (Å²) in [5.74, 6) is 0. The summed E-state index contributed by atoms with van der Waals surface area (Å²) in [6.45, 7) is 5.61. The Morgan fingerprint density at radius 1 is 1.50 bits per heavy atom. The fourth-order valence-electron chi connectivity index (χ4n) is 1.56. The van der Waals surface area contributed by atoms with Gasteiger partial charge in [-0.3, -0.25) is 9.67 Å². The molecule has 0 aromatic carbocycles. The van der Waals surface area contributed by atoms with Gasteiger partial charge in [0.15, 0.2) is 0 Å². The third kappa shape index (κ3) is 2.92. The van der Waals surface area contributed by atoms with Crippen molar-refractivity contribution in [2.24, 2.45) is 12.0 Å². The topological polar surface area (TPSA) is 43.1 Å². The molecule has 0 saturated heterocycles. The molecule has 18 heavy (non-hydrogen) atoms. The minimum Gasteiger partial charge on any atom is -0.275 e. The summed E-state index contributed by atoms with van der Waals surface area (Å²) in [6.07, 6.45) is 5.48. The van der Waals surface area contributed by atoms with Gasteiger partial charge in [0.2, 0.25) is 0 Å². The van der Waals surface area contributed by atoms with Crippen LogP contribution in [-0.4, -0.2) is 21.0 Å². The van der Waals surface area contributed by atoms with Gasteiger partial charge in [0.05, 0.1) is 16.5 Å². The Morgan fingerprint density at radius 2 is 2.28 bits per heavy atom. The maximum atomic E-state index is 4.55. The van der Waals surface area contributed by atoms with Gasteiger partial charge in [0, 0.05) is 36.3 Å². The summed E-state index contributed by atoms with van der Waals surface area (Å²) >= 11 is 3.19. The third-order valence-corrected chi connectivity index (χ3v) is 2.68. The zero-order chi connectivity index (χ0) is 13.1. The van der Waals surface area contributed by atoms with Crippen LogP contribution in [0.15, 0.2) is 40.7 Å². The molecule has 0 N–H and O–H groups in total. The van der Waals surface area contributed by atoms with E-state index in [1.165, 1.54) is 0 Å². The Bertz CT molecular complexity index is 613. The van der Waals surface area contributed by atoms with Crippen molar-refractivity contribution in [2.75, 3.05) is 0 Å². The summed E-state index contributed by atoms with van der Waals surface area (Å²) in [5.41, 5.74) is 3.82. The molecule has 92 valence electrons. The van der Waals surface area contributed by atoms with Gasteiger partial charge in [-0.2, -0.15) is 5.10 Å². The number of nitrogens with zero attached hydrogens (tertiary/aromatic N) is 4. The smallest absolute Gasteiger partial charge is 0.0984 e. The highest BCUT2D eigenvalue weighted by Crippen LogP contribution is 2.17. The maximum Gasteiger partial charge on any atom is 0.0984 e. The van der Waals surface area contributed by atoms with Gasteiger partial charge in [-0.15, -0.1) is 0 Å². The molecule has 0 fully saturated rings. The van der Waals surface area contributed by atoms with E-state index in [9.17, 15) is 0 Å². The average molecular weight is 305 g/mol. The number of rotatable bonds is 3. The van der Waals surface area contributed by atoms with Crippen molar-refractivity contribution in [1.82, 2.24) is 14.8 Å². The van der Waals surface area contributed by atoms with Crippen LogP contribution in [0.1, 0.15) is 11.3 Å². The lowest BCUT2D eigenvalue weighted by atomic mass is 10.1. The SMILES string of the molecule is C=C(Br)/N=C\c1ccc(-c2cnn(C)c2)nc1C. The molecule has 0 unspecified atom stereocenters. The van der Waals surface area contributed by atoms with Crippen LogP contribution in [0, 0.1) is 6.92 Å². The molecule has 0 radical (unpaired) electrons. The Hall–Kier alpha value is -1.75. The Balaban J connectivity index is 2.33. The average Bonchev–Trinajstić information content (AvgIpc) is 2.74. The largest absolute Gasteiger partial charge is 0.275 e. The lowest BCUT2D eigenvalue weighted by Crippen LogP contribution is -1.93. The van der Waals surface area contributed by atoms with Crippen LogP contribution >= 0.6 is 15.9 Å². The van der Waals surface area contributed by atoms with Gasteiger partial charge in [-0.1, -0.05) is 6.58 Å². The molecule has 5 heteroatoms. The van der Waals surface area contributed by atoms with Crippen LogP contribution in [0.4, 0.5) is 0 Å². The highest BCUT2D eigenvalue weighted by molar-refractivity contribution is 9.11. The van der Waals surface area contributed by atoms with Crippen molar-refractivity contribution in [3.8, 4) is 11.3 Å². The monoisotopic (exact) mass is 304 g/mol. The Morgan fingerprint density at radius 3 is 2.83 bits per heavy atom. The van der Waals surface area contributed by atoms with Crippen molar-refractivity contribution in [1.29, 1.82) is 0 Å². The summed E-state index contributed by atoms with van der Waals surface area (Å²) in [7, 11) is 1.89.